The van der Waals surface area contributed by atoms with Gasteiger partial charge in [-0.3, -0.25) is 9.03 Å². The molecule has 0 aromatic heterocycles. The molecule has 1 saturated heterocycles. The topological polar surface area (TPSA) is 83.6 Å². The summed E-state index contributed by atoms with van der Waals surface area (Å²) in [6.07, 6.45) is 0.557. The van der Waals surface area contributed by atoms with E-state index < -0.39 is 20.0 Å². The SMILES string of the molecule is Cc1cccc(S(=O)(=O)Nc2ccc(N3CCCS3(=O)=O)cc2Cl)c1. The van der Waals surface area contributed by atoms with Crippen molar-refractivity contribution >= 4 is 43.0 Å². The average Bonchev–Trinajstić information content (AvgIpc) is 2.88. The number of nitrogens with one attached hydrogen (secondary N) is 1. The third-order valence-electron chi connectivity index (χ3n) is 3.88. The maximum absolute atomic E-state index is 12.5. The second kappa shape index (κ2) is 6.51. The molecular weight excluding hydrogens is 384 g/mol. The summed E-state index contributed by atoms with van der Waals surface area (Å²) < 4.78 is 52.6. The van der Waals surface area contributed by atoms with E-state index in [0.717, 1.165) is 5.56 Å². The molecule has 0 saturated carbocycles. The van der Waals surface area contributed by atoms with Crippen molar-refractivity contribution in [2.75, 3.05) is 21.3 Å². The van der Waals surface area contributed by atoms with Crippen molar-refractivity contribution in [3.8, 4) is 0 Å². The predicted molar refractivity (Wildman–Crippen MR) is 99.2 cm³/mol. The highest BCUT2D eigenvalue weighted by molar-refractivity contribution is 7.93. The van der Waals surface area contributed by atoms with Crippen LogP contribution in [0.5, 0.6) is 0 Å². The van der Waals surface area contributed by atoms with Crippen LogP contribution >= 0.6 is 11.6 Å². The van der Waals surface area contributed by atoms with Gasteiger partial charge in [-0.1, -0.05) is 23.7 Å². The summed E-state index contributed by atoms with van der Waals surface area (Å²) >= 11 is 6.18. The molecule has 1 heterocycles. The summed E-state index contributed by atoms with van der Waals surface area (Å²) in [7, 11) is -7.10. The van der Waals surface area contributed by atoms with E-state index in [-0.39, 0.29) is 21.4 Å². The lowest BCUT2D eigenvalue weighted by molar-refractivity contribution is 0.598. The Labute approximate surface area is 152 Å². The number of hydrogen-bond donors (Lipinski definition) is 1. The minimum absolute atomic E-state index is 0.104. The van der Waals surface area contributed by atoms with E-state index in [0.29, 0.717) is 18.7 Å². The summed E-state index contributed by atoms with van der Waals surface area (Å²) in [5, 5.41) is 0.135. The molecule has 6 nitrogen and oxygen atoms in total. The minimum atomic E-state index is -3.78. The molecule has 134 valence electrons. The van der Waals surface area contributed by atoms with Gasteiger partial charge in [-0.15, -0.1) is 0 Å². The molecule has 0 spiro atoms. The summed E-state index contributed by atoms with van der Waals surface area (Å²) in [6, 6.07) is 11.0. The van der Waals surface area contributed by atoms with Crippen LogP contribution in [-0.4, -0.2) is 29.1 Å². The zero-order valence-electron chi connectivity index (χ0n) is 13.4. The number of aryl methyl sites for hydroxylation is 1. The maximum atomic E-state index is 12.5. The summed E-state index contributed by atoms with van der Waals surface area (Å²) in [6.45, 7) is 2.20. The molecule has 1 N–H and O–H groups in total. The molecular formula is C16H17ClN2O4S2. The lowest BCUT2D eigenvalue weighted by atomic mass is 10.2. The Morgan fingerprint density at radius 3 is 2.52 bits per heavy atom. The standard InChI is InChI=1S/C16H17ClN2O4S2/c1-12-4-2-5-14(10-12)25(22,23)18-16-7-6-13(11-15(16)17)19-8-3-9-24(19,20)21/h2,4-7,10-11,18H,3,8-9H2,1H3. The van der Waals surface area contributed by atoms with Crippen LogP contribution in [0.15, 0.2) is 47.4 Å². The second-order valence-electron chi connectivity index (χ2n) is 5.83. The Bertz CT molecular complexity index is 1020. The fourth-order valence-electron chi connectivity index (χ4n) is 2.66. The number of rotatable bonds is 4. The van der Waals surface area contributed by atoms with E-state index in [1.54, 1.807) is 31.2 Å². The largest absolute Gasteiger partial charge is 0.278 e. The number of benzene rings is 2. The Kier molecular flexibility index (Phi) is 4.70. The van der Waals surface area contributed by atoms with Crippen molar-refractivity contribution in [1.29, 1.82) is 0 Å². The van der Waals surface area contributed by atoms with Gasteiger partial charge in [0, 0.05) is 6.54 Å². The molecule has 0 amide bonds. The van der Waals surface area contributed by atoms with Gasteiger partial charge in [0.1, 0.15) is 0 Å². The number of sulfonamides is 2. The molecule has 9 heteroatoms. The Hall–Kier alpha value is -1.77. The van der Waals surface area contributed by atoms with Gasteiger partial charge in [0.2, 0.25) is 10.0 Å². The van der Waals surface area contributed by atoms with E-state index in [9.17, 15) is 16.8 Å². The smallest absolute Gasteiger partial charge is 0.261 e. The highest BCUT2D eigenvalue weighted by Crippen LogP contribution is 2.32. The Morgan fingerprint density at radius 1 is 1.16 bits per heavy atom. The van der Waals surface area contributed by atoms with E-state index in [4.69, 9.17) is 11.6 Å². The Balaban J connectivity index is 1.89. The van der Waals surface area contributed by atoms with Crippen LogP contribution in [0.4, 0.5) is 11.4 Å². The molecule has 2 aromatic rings. The lowest BCUT2D eigenvalue weighted by Crippen LogP contribution is -2.25. The number of hydrogen-bond acceptors (Lipinski definition) is 4. The number of anilines is 2. The molecule has 0 radical (unpaired) electrons. The molecule has 3 rings (SSSR count). The molecule has 0 atom stereocenters. The first-order chi connectivity index (χ1) is 11.7. The van der Waals surface area contributed by atoms with Crippen LogP contribution in [0.2, 0.25) is 5.02 Å². The normalized spacial score (nSPS) is 16.8. The van der Waals surface area contributed by atoms with Crippen LogP contribution in [-0.2, 0) is 20.0 Å². The van der Waals surface area contributed by atoms with E-state index in [2.05, 4.69) is 4.72 Å². The maximum Gasteiger partial charge on any atom is 0.261 e. The number of nitrogens with zero attached hydrogens (tertiary/aromatic N) is 1. The molecule has 0 unspecified atom stereocenters. The highest BCUT2D eigenvalue weighted by Gasteiger charge is 2.29. The Morgan fingerprint density at radius 2 is 1.92 bits per heavy atom. The van der Waals surface area contributed by atoms with E-state index in [1.807, 2.05) is 0 Å². The van der Waals surface area contributed by atoms with E-state index in [1.165, 1.54) is 22.5 Å². The quantitative estimate of drug-likeness (QED) is 0.855. The zero-order valence-corrected chi connectivity index (χ0v) is 15.8. The van der Waals surface area contributed by atoms with Crippen LogP contribution in [0, 0.1) is 6.92 Å². The van der Waals surface area contributed by atoms with Gasteiger partial charge in [0.15, 0.2) is 0 Å². The van der Waals surface area contributed by atoms with Crippen LogP contribution in [0.1, 0.15) is 12.0 Å². The summed E-state index contributed by atoms with van der Waals surface area (Å²) in [5.74, 6) is 0.104. The van der Waals surface area contributed by atoms with Crippen molar-refractivity contribution in [2.45, 2.75) is 18.2 Å². The average molecular weight is 401 g/mol. The van der Waals surface area contributed by atoms with Gasteiger partial charge >= 0.3 is 0 Å². The minimum Gasteiger partial charge on any atom is -0.278 e. The van der Waals surface area contributed by atoms with Crippen molar-refractivity contribution < 1.29 is 16.8 Å². The molecule has 1 fully saturated rings. The first-order valence-electron chi connectivity index (χ1n) is 7.58. The van der Waals surface area contributed by atoms with Crippen molar-refractivity contribution in [2.24, 2.45) is 0 Å². The van der Waals surface area contributed by atoms with Gasteiger partial charge in [-0.2, -0.15) is 0 Å². The first-order valence-corrected chi connectivity index (χ1v) is 11.1. The second-order valence-corrected chi connectivity index (χ2v) is 9.93. The van der Waals surface area contributed by atoms with Gasteiger partial charge in [0.05, 0.1) is 27.0 Å². The van der Waals surface area contributed by atoms with Gasteiger partial charge in [-0.25, -0.2) is 16.8 Å². The van der Waals surface area contributed by atoms with Crippen LogP contribution in [0.25, 0.3) is 0 Å². The molecule has 0 bridgehead atoms. The van der Waals surface area contributed by atoms with Crippen molar-refractivity contribution in [1.82, 2.24) is 0 Å². The highest BCUT2D eigenvalue weighted by atomic mass is 35.5. The van der Waals surface area contributed by atoms with Crippen LogP contribution in [0.3, 0.4) is 0 Å². The van der Waals surface area contributed by atoms with Gasteiger partial charge < -0.3 is 0 Å². The summed E-state index contributed by atoms with van der Waals surface area (Å²) in [5.41, 5.74) is 1.45. The molecule has 1 aliphatic heterocycles. The molecule has 2 aromatic carbocycles. The first kappa shape index (κ1) is 18.0. The van der Waals surface area contributed by atoms with Gasteiger partial charge in [-0.05, 0) is 49.2 Å². The molecule has 25 heavy (non-hydrogen) atoms. The fraction of sp³-hybridized carbons (Fsp3) is 0.250. The van der Waals surface area contributed by atoms with Crippen LogP contribution < -0.4 is 9.03 Å². The predicted octanol–water partition coefficient (Wildman–Crippen LogP) is 2.99. The summed E-state index contributed by atoms with van der Waals surface area (Å²) in [4.78, 5) is 0.134. The van der Waals surface area contributed by atoms with E-state index >= 15 is 0 Å². The van der Waals surface area contributed by atoms with Crippen molar-refractivity contribution in [3.63, 3.8) is 0 Å². The van der Waals surface area contributed by atoms with Gasteiger partial charge in [0.25, 0.3) is 10.0 Å². The zero-order chi connectivity index (χ0) is 18.2. The number of halogens is 1. The third-order valence-corrected chi connectivity index (χ3v) is 7.43. The monoisotopic (exact) mass is 400 g/mol. The molecule has 0 aliphatic carbocycles. The molecule has 1 aliphatic rings. The third kappa shape index (κ3) is 3.75. The fourth-order valence-corrected chi connectivity index (χ4v) is 5.68. The van der Waals surface area contributed by atoms with Crippen molar-refractivity contribution in [3.05, 3.63) is 53.1 Å². The lowest BCUT2D eigenvalue weighted by Gasteiger charge is -2.18.